The van der Waals surface area contributed by atoms with Crippen molar-refractivity contribution in [2.45, 2.75) is 46.1 Å². The molecule has 1 saturated carbocycles. The van der Waals surface area contributed by atoms with Gasteiger partial charge < -0.3 is 14.7 Å². The molecule has 2 heterocycles. The van der Waals surface area contributed by atoms with Crippen molar-refractivity contribution < 1.29 is 19.0 Å². The molecule has 1 amide bonds. The first kappa shape index (κ1) is 17.0. The minimum absolute atomic E-state index is 0.0223. The van der Waals surface area contributed by atoms with E-state index in [-0.39, 0.29) is 16.9 Å². The van der Waals surface area contributed by atoms with Crippen molar-refractivity contribution in [1.29, 1.82) is 0 Å². The zero-order valence-corrected chi connectivity index (χ0v) is 14.5. The van der Waals surface area contributed by atoms with Gasteiger partial charge in [0.2, 0.25) is 5.88 Å². The summed E-state index contributed by atoms with van der Waals surface area (Å²) in [5.41, 5.74) is 0.242. The first-order valence-corrected chi connectivity index (χ1v) is 8.47. The molecule has 0 aromatic carbocycles. The summed E-state index contributed by atoms with van der Waals surface area (Å²) >= 11 is 0. The van der Waals surface area contributed by atoms with E-state index in [1.165, 1.54) is 12.1 Å². The van der Waals surface area contributed by atoms with E-state index in [0.29, 0.717) is 31.4 Å². The third-order valence-corrected chi connectivity index (χ3v) is 5.82. The van der Waals surface area contributed by atoms with Crippen LogP contribution in [0.4, 0.5) is 9.18 Å². The number of nitrogens with zero attached hydrogens (tertiary/aromatic N) is 2. The van der Waals surface area contributed by atoms with E-state index >= 15 is 0 Å². The molecule has 1 aliphatic carbocycles. The predicted octanol–water partition coefficient (Wildman–Crippen LogP) is 3.79. The molecule has 0 bridgehead atoms. The Hall–Kier alpha value is -1.85. The number of rotatable bonds is 4. The van der Waals surface area contributed by atoms with Gasteiger partial charge in [-0.3, -0.25) is 0 Å². The molecule has 2 aliphatic rings. The van der Waals surface area contributed by atoms with Crippen molar-refractivity contribution in [1.82, 2.24) is 9.88 Å². The number of hydrogen-bond donors (Lipinski definition) is 1. The van der Waals surface area contributed by atoms with Gasteiger partial charge in [0, 0.05) is 25.1 Å². The minimum Gasteiger partial charge on any atom is -0.478 e. The smallest absolute Gasteiger partial charge is 0.407 e. The number of hydrogen-bond acceptors (Lipinski definition) is 3. The molecule has 3 rings (SSSR count). The topological polar surface area (TPSA) is 62.7 Å². The summed E-state index contributed by atoms with van der Waals surface area (Å²) in [5.74, 6) is 0.561. The molecule has 0 radical (unpaired) electrons. The van der Waals surface area contributed by atoms with E-state index in [1.54, 1.807) is 4.90 Å². The number of amides is 1. The maximum Gasteiger partial charge on any atom is 0.407 e. The van der Waals surface area contributed by atoms with Crippen LogP contribution in [-0.4, -0.2) is 40.3 Å². The van der Waals surface area contributed by atoms with Crippen LogP contribution in [0.15, 0.2) is 18.3 Å². The molecule has 0 unspecified atom stereocenters. The van der Waals surface area contributed by atoms with E-state index in [2.05, 4.69) is 25.8 Å². The van der Waals surface area contributed by atoms with Crippen LogP contribution in [0.3, 0.4) is 0 Å². The van der Waals surface area contributed by atoms with E-state index in [1.807, 2.05) is 0 Å². The highest BCUT2D eigenvalue weighted by atomic mass is 19.1. The van der Waals surface area contributed by atoms with Crippen molar-refractivity contribution in [3.05, 3.63) is 24.1 Å². The van der Waals surface area contributed by atoms with Crippen molar-refractivity contribution >= 4 is 6.09 Å². The van der Waals surface area contributed by atoms with Crippen LogP contribution in [0.1, 0.15) is 40.0 Å². The molecule has 1 aliphatic heterocycles. The minimum atomic E-state index is -0.853. The van der Waals surface area contributed by atoms with Gasteiger partial charge in [0.1, 0.15) is 5.82 Å². The molecular weight excluding hydrogens is 311 g/mol. The van der Waals surface area contributed by atoms with Gasteiger partial charge >= 0.3 is 6.09 Å². The first-order chi connectivity index (χ1) is 11.2. The summed E-state index contributed by atoms with van der Waals surface area (Å²) in [6.45, 7) is 7.60. The van der Waals surface area contributed by atoms with Crippen LogP contribution in [0.25, 0.3) is 0 Å². The van der Waals surface area contributed by atoms with Gasteiger partial charge in [0.15, 0.2) is 0 Å². The highest BCUT2D eigenvalue weighted by molar-refractivity contribution is 5.66. The Balaban J connectivity index is 1.59. The van der Waals surface area contributed by atoms with E-state index < -0.39 is 11.9 Å². The molecule has 6 heteroatoms. The number of halogens is 1. The van der Waals surface area contributed by atoms with Gasteiger partial charge in [-0.05, 0) is 35.7 Å². The lowest BCUT2D eigenvalue weighted by atomic mass is 9.73. The maximum absolute atomic E-state index is 12.8. The van der Waals surface area contributed by atoms with Gasteiger partial charge in [0.05, 0.1) is 12.8 Å². The van der Waals surface area contributed by atoms with Crippen LogP contribution >= 0.6 is 0 Å². The summed E-state index contributed by atoms with van der Waals surface area (Å²) in [6.07, 6.45) is 2.89. The number of aromatic nitrogens is 1. The monoisotopic (exact) mass is 336 g/mol. The summed E-state index contributed by atoms with van der Waals surface area (Å²) in [6, 6.07) is 2.76. The van der Waals surface area contributed by atoms with Crippen molar-refractivity contribution in [2.24, 2.45) is 16.7 Å². The zero-order chi connectivity index (χ0) is 17.5. The van der Waals surface area contributed by atoms with Crippen LogP contribution in [-0.2, 0) is 0 Å². The van der Waals surface area contributed by atoms with E-state index in [4.69, 9.17) is 4.74 Å². The average molecular weight is 336 g/mol. The number of pyridine rings is 1. The number of carboxylic acid groups (broad SMARTS) is 1. The quantitative estimate of drug-likeness (QED) is 0.908. The molecule has 3 atom stereocenters. The number of carbonyl (C=O) groups is 1. The standard InChI is InChI=1S/C18H25FN2O3/c1-17(2,3)18-9-12(18)8-14(21(11-18)16(22)23)6-7-24-15-5-4-13(19)10-20-15/h4-5,10,12,14H,6-9,11H2,1-3H3,(H,22,23)/t12-,14+,18+/m0/s1. The van der Waals surface area contributed by atoms with Crippen molar-refractivity contribution in [2.75, 3.05) is 13.2 Å². The lowest BCUT2D eigenvalue weighted by Crippen LogP contribution is -2.50. The normalized spacial score (nSPS) is 29.1. The molecule has 1 N–H and O–H groups in total. The second kappa shape index (κ2) is 5.90. The molecule has 1 aromatic rings. The second-order valence-corrected chi connectivity index (χ2v) is 8.06. The lowest BCUT2D eigenvalue weighted by Gasteiger charge is -2.43. The number of fused-ring (bicyclic) bond motifs is 1. The molecule has 2 fully saturated rings. The maximum atomic E-state index is 12.8. The fourth-order valence-electron chi connectivity index (χ4n) is 4.17. The Morgan fingerprint density at radius 3 is 2.83 bits per heavy atom. The largest absolute Gasteiger partial charge is 0.478 e. The highest BCUT2D eigenvalue weighted by Crippen LogP contribution is 2.67. The summed E-state index contributed by atoms with van der Waals surface area (Å²) in [4.78, 5) is 17.1. The Kier molecular flexibility index (Phi) is 4.18. The van der Waals surface area contributed by atoms with Crippen molar-refractivity contribution in [3.8, 4) is 5.88 Å². The van der Waals surface area contributed by atoms with Gasteiger partial charge in [-0.1, -0.05) is 20.8 Å². The molecule has 1 aromatic heterocycles. The summed E-state index contributed by atoms with van der Waals surface area (Å²) in [7, 11) is 0. The van der Waals surface area contributed by atoms with Gasteiger partial charge in [-0.25, -0.2) is 14.2 Å². The summed E-state index contributed by atoms with van der Waals surface area (Å²) in [5, 5.41) is 9.60. The molecular formula is C18H25FN2O3. The number of piperidine rings is 1. The Morgan fingerprint density at radius 1 is 1.50 bits per heavy atom. The van der Waals surface area contributed by atoms with Gasteiger partial charge in [-0.2, -0.15) is 0 Å². The third kappa shape index (κ3) is 3.06. The Bertz CT molecular complexity index is 614. The third-order valence-electron chi connectivity index (χ3n) is 5.82. The van der Waals surface area contributed by atoms with Crippen molar-refractivity contribution in [3.63, 3.8) is 0 Å². The second-order valence-electron chi connectivity index (χ2n) is 8.06. The zero-order valence-electron chi connectivity index (χ0n) is 14.5. The van der Waals surface area contributed by atoms with Crippen LogP contribution in [0.5, 0.6) is 5.88 Å². The lowest BCUT2D eigenvalue weighted by molar-refractivity contribution is 0.0362. The molecule has 5 nitrogen and oxygen atoms in total. The van der Waals surface area contributed by atoms with Crippen LogP contribution in [0.2, 0.25) is 0 Å². The SMILES string of the molecule is CC(C)(C)[C@@]12C[C@@H]1C[C@@H](CCOc1ccc(F)cn1)N(C(=O)O)C2. The Labute approximate surface area is 141 Å². The fourth-order valence-corrected chi connectivity index (χ4v) is 4.17. The van der Waals surface area contributed by atoms with Crippen LogP contribution < -0.4 is 4.74 Å². The van der Waals surface area contributed by atoms with Gasteiger partial charge in [-0.15, -0.1) is 0 Å². The molecule has 1 saturated heterocycles. The molecule has 24 heavy (non-hydrogen) atoms. The number of ether oxygens (including phenoxy) is 1. The molecule has 132 valence electrons. The Morgan fingerprint density at radius 2 is 2.25 bits per heavy atom. The highest BCUT2D eigenvalue weighted by Gasteiger charge is 2.64. The molecule has 0 spiro atoms. The predicted molar refractivity (Wildman–Crippen MR) is 87.4 cm³/mol. The summed E-state index contributed by atoms with van der Waals surface area (Å²) < 4.78 is 18.4. The van der Waals surface area contributed by atoms with Gasteiger partial charge in [0.25, 0.3) is 0 Å². The number of likely N-dealkylation sites (tertiary alicyclic amines) is 1. The van der Waals surface area contributed by atoms with E-state index in [0.717, 1.165) is 19.0 Å². The van der Waals surface area contributed by atoms with E-state index in [9.17, 15) is 14.3 Å². The fraction of sp³-hybridized carbons (Fsp3) is 0.667. The van der Waals surface area contributed by atoms with Crippen LogP contribution in [0, 0.1) is 22.6 Å². The first-order valence-electron chi connectivity index (χ1n) is 8.47. The average Bonchev–Trinajstić information content (AvgIpc) is 3.23.